The van der Waals surface area contributed by atoms with Gasteiger partial charge in [-0.25, -0.2) is 0 Å². The molecule has 0 saturated carbocycles. The van der Waals surface area contributed by atoms with Crippen molar-refractivity contribution in [1.82, 2.24) is 0 Å². The molecular weight excluding hydrogens is 236 g/mol. The van der Waals surface area contributed by atoms with Crippen LogP contribution < -0.4 is 0 Å². The molecule has 0 amide bonds. The van der Waals surface area contributed by atoms with Gasteiger partial charge in [-0.3, -0.25) is 0 Å². The van der Waals surface area contributed by atoms with Gasteiger partial charge in [0, 0.05) is 4.47 Å². The molecule has 0 aliphatic heterocycles. The summed E-state index contributed by atoms with van der Waals surface area (Å²) in [5, 5.41) is 0. The zero-order chi connectivity index (χ0) is 10.6. The van der Waals surface area contributed by atoms with Crippen LogP contribution in [0.5, 0.6) is 0 Å². The van der Waals surface area contributed by atoms with Gasteiger partial charge in [0.2, 0.25) is 0 Å². The lowest BCUT2D eigenvalue weighted by Crippen LogP contribution is -1.92. The molecule has 14 heavy (non-hydrogen) atoms. The molecule has 77 valence electrons. The van der Waals surface area contributed by atoms with Crippen LogP contribution in [-0.4, -0.2) is 0 Å². The highest BCUT2D eigenvalue weighted by Gasteiger charge is 2.02. The lowest BCUT2D eigenvalue weighted by Gasteiger charge is -2.09. The molecule has 0 bridgehead atoms. The first-order chi connectivity index (χ1) is 6.63. The Labute approximate surface area is 95.9 Å². The SMILES string of the molecule is [CH2]C(C)c1cc(Br)cc(CCCC)c1. The van der Waals surface area contributed by atoms with Crippen LogP contribution in [0, 0.1) is 6.92 Å². The van der Waals surface area contributed by atoms with Gasteiger partial charge in [0.1, 0.15) is 0 Å². The van der Waals surface area contributed by atoms with Crippen LogP contribution in [0.2, 0.25) is 0 Å². The maximum Gasteiger partial charge on any atom is 0.0180 e. The second kappa shape index (κ2) is 5.55. The molecule has 0 aliphatic rings. The fraction of sp³-hybridized carbons (Fsp3) is 0.462. The normalized spacial score (nSPS) is 10.9. The van der Waals surface area contributed by atoms with Crippen LogP contribution in [-0.2, 0) is 6.42 Å². The van der Waals surface area contributed by atoms with Crippen LogP contribution in [0.3, 0.4) is 0 Å². The third-order valence-electron chi connectivity index (χ3n) is 2.37. The minimum Gasteiger partial charge on any atom is -0.0654 e. The van der Waals surface area contributed by atoms with Crippen molar-refractivity contribution in [2.45, 2.75) is 39.0 Å². The Morgan fingerprint density at radius 2 is 2.07 bits per heavy atom. The minimum absolute atomic E-state index is 0.368. The number of halogens is 1. The van der Waals surface area contributed by atoms with E-state index in [-0.39, 0.29) is 0 Å². The summed E-state index contributed by atoms with van der Waals surface area (Å²) < 4.78 is 1.18. The molecule has 1 heteroatoms. The number of aryl methyl sites for hydroxylation is 1. The second-order valence-electron chi connectivity index (χ2n) is 3.90. The average Bonchev–Trinajstić information content (AvgIpc) is 2.14. The zero-order valence-electron chi connectivity index (χ0n) is 9.02. The van der Waals surface area contributed by atoms with E-state index in [0.717, 1.165) is 0 Å². The standard InChI is InChI=1S/C13H18Br/c1-4-5-6-11-7-12(10(2)3)9-13(14)8-11/h7-10H,2,4-6H2,1,3H3. The summed E-state index contributed by atoms with van der Waals surface area (Å²) in [5.41, 5.74) is 2.75. The lowest BCUT2D eigenvalue weighted by atomic mass is 9.99. The molecule has 1 atom stereocenters. The van der Waals surface area contributed by atoms with Gasteiger partial charge in [0.15, 0.2) is 0 Å². The van der Waals surface area contributed by atoms with Crippen molar-refractivity contribution in [1.29, 1.82) is 0 Å². The first-order valence-corrected chi connectivity index (χ1v) is 6.05. The van der Waals surface area contributed by atoms with Gasteiger partial charge in [-0.15, -0.1) is 0 Å². The summed E-state index contributed by atoms with van der Waals surface area (Å²) in [6.45, 7) is 8.41. The van der Waals surface area contributed by atoms with Gasteiger partial charge in [0.25, 0.3) is 0 Å². The molecular formula is C13H18Br. The van der Waals surface area contributed by atoms with Crippen molar-refractivity contribution >= 4 is 15.9 Å². The van der Waals surface area contributed by atoms with Crippen molar-refractivity contribution in [2.75, 3.05) is 0 Å². The fourth-order valence-corrected chi connectivity index (χ4v) is 2.04. The third-order valence-corrected chi connectivity index (χ3v) is 2.83. The maximum atomic E-state index is 4.05. The molecule has 1 unspecified atom stereocenters. The lowest BCUT2D eigenvalue weighted by molar-refractivity contribution is 0.792. The molecule has 0 aliphatic carbocycles. The van der Waals surface area contributed by atoms with E-state index < -0.39 is 0 Å². The molecule has 0 spiro atoms. The van der Waals surface area contributed by atoms with Crippen molar-refractivity contribution in [3.05, 3.63) is 40.7 Å². The van der Waals surface area contributed by atoms with E-state index in [2.05, 4.69) is 54.9 Å². The summed E-state index contributed by atoms with van der Waals surface area (Å²) in [4.78, 5) is 0. The highest BCUT2D eigenvalue weighted by atomic mass is 79.9. The van der Waals surface area contributed by atoms with E-state index in [1.165, 1.54) is 34.9 Å². The van der Waals surface area contributed by atoms with E-state index in [1.54, 1.807) is 0 Å². The Morgan fingerprint density at radius 3 is 2.64 bits per heavy atom. The number of benzene rings is 1. The van der Waals surface area contributed by atoms with E-state index in [4.69, 9.17) is 0 Å². The largest absolute Gasteiger partial charge is 0.0654 e. The molecule has 1 aromatic rings. The summed E-state index contributed by atoms with van der Waals surface area (Å²) in [6.07, 6.45) is 3.69. The van der Waals surface area contributed by atoms with Gasteiger partial charge < -0.3 is 0 Å². The fourth-order valence-electron chi connectivity index (χ4n) is 1.49. The summed E-state index contributed by atoms with van der Waals surface area (Å²) in [7, 11) is 0. The second-order valence-corrected chi connectivity index (χ2v) is 4.81. The van der Waals surface area contributed by atoms with E-state index in [9.17, 15) is 0 Å². The molecule has 0 aromatic heterocycles. The van der Waals surface area contributed by atoms with E-state index >= 15 is 0 Å². The quantitative estimate of drug-likeness (QED) is 0.728. The predicted molar refractivity (Wildman–Crippen MR) is 66.5 cm³/mol. The van der Waals surface area contributed by atoms with Gasteiger partial charge >= 0.3 is 0 Å². The summed E-state index contributed by atoms with van der Waals surface area (Å²) >= 11 is 3.55. The maximum absolute atomic E-state index is 4.05. The van der Waals surface area contributed by atoms with Gasteiger partial charge in [0.05, 0.1) is 0 Å². The number of rotatable bonds is 4. The van der Waals surface area contributed by atoms with Crippen LogP contribution >= 0.6 is 15.9 Å². The van der Waals surface area contributed by atoms with Gasteiger partial charge in [-0.1, -0.05) is 42.3 Å². The van der Waals surface area contributed by atoms with Crippen LogP contribution in [0.25, 0.3) is 0 Å². The molecule has 0 heterocycles. The van der Waals surface area contributed by atoms with Gasteiger partial charge in [-0.05, 0) is 48.9 Å². The topological polar surface area (TPSA) is 0 Å². The molecule has 1 rings (SSSR count). The van der Waals surface area contributed by atoms with Crippen molar-refractivity contribution in [2.24, 2.45) is 0 Å². The van der Waals surface area contributed by atoms with Crippen molar-refractivity contribution < 1.29 is 0 Å². The van der Waals surface area contributed by atoms with Crippen LogP contribution in [0.15, 0.2) is 22.7 Å². The molecule has 1 radical (unpaired) electrons. The Kier molecular flexibility index (Phi) is 4.67. The summed E-state index contributed by atoms with van der Waals surface area (Å²) in [6, 6.07) is 6.65. The highest BCUT2D eigenvalue weighted by Crippen LogP contribution is 2.22. The third kappa shape index (κ3) is 3.45. The average molecular weight is 254 g/mol. The van der Waals surface area contributed by atoms with Gasteiger partial charge in [-0.2, -0.15) is 0 Å². The Hall–Kier alpha value is -0.300. The Morgan fingerprint density at radius 1 is 1.36 bits per heavy atom. The molecule has 0 N–H and O–H groups in total. The van der Waals surface area contributed by atoms with E-state index in [0.29, 0.717) is 5.92 Å². The number of hydrogen-bond acceptors (Lipinski definition) is 0. The van der Waals surface area contributed by atoms with Crippen molar-refractivity contribution in [3.63, 3.8) is 0 Å². The highest BCUT2D eigenvalue weighted by molar-refractivity contribution is 9.10. The number of hydrogen-bond donors (Lipinski definition) is 0. The minimum atomic E-state index is 0.368. The molecule has 0 nitrogen and oxygen atoms in total. The molecule has 1 aromatic carbocycles. The first kappa shape index (κ1) is 11.8. The Balaban J connectivity index is 2.84. The van der Waals surface area contributed by atoms with Crippen LogP contribution in [0.1, 0.15) is 43.7 Å². The van der Waals surface area contributed by atoms with Crippen molar-refractivity contribution in [3.8, 4) is 0 Å². The molecule has 0 saturated heterocycles. The van der Waals surface area contributed by atoms with Crippen LogP contribution in [0.4, 0.5) is 0 Å². The molecule has 0 fully saturated rings. The Bertz CT molecular complexity index is 289. The predicted octanol–water partition coefficient (Wildman–Crippen LogP) is 4.73. The monoisotopic (exact) mass is 253 g/mol. The number of unbranched alkanes of at least 4 members (excludes halogenated alkanes) is 1. The summed E-state index contributed by atoms with van der Waals surface area (Å²) in [5.74, 6) is 0.368. The van der Waals surface area contributed by atoms with E-state index in [1.807, 2.05) is 0 Å². The smallest absolute Gasteiger partial charge is 0.0180 e. The zero-order valence-corrected chi connectivity index (χ0v) is 10.6. The first-order valence-electron chi connectivity index (χ1n) is 5.26.